The van der Waals surface area contributed by atoms with Crippen molar-refractivity contribution in [3.63, 3.8) is 0 Å². The number of benzene rings is 19. The predicted octanol–water partition coefficient (Wildman–Crippen LogP) is 33.0. The Balaban J connectivity index is 0.897. The van der Waals surface area contributed by atoms with Crippen LogP contribution in [0.5, 0.6) is 0 Å². The second-order valence-corrected chi connectivity index (χ2v) is 38.3. The number of anilines is 6. The molecule has 4 heterocycles. The number of para-hydroxylation sites is 2. The molecule has 0 spiro atoms. The molecule has 0 atom stereocenters. The maximum absolute atomic E-state index is 10.6. The molecule has 5 heteroatoms. The molecule has 0 radical (unpaired) electrons. The van der Waals surface area contributed by atoms with Crippen molar-refractivity contribution in [1.29, 1.82) is 0 Å². The minimum atomic E-state index is -0.580. The molecular weight excluding hydrogens is 1580 g/mol. The first-order valence-electron chi connectivity index (χ1n) is 48.5. The van der Waals surface area contributed by atoms with Crippen molar-refractivity contribution in [3.8, 4) is 128 Å². The summed E-state index contributed by atoms with van der Waals surface area (Å²) in [4.78, 5) is 5.21. The Morgan fingerprint density at radius 1 is 0.252 bits per heavy atom. The Morgan fingerprint density at radius 3 is 1.08 bits per heavy atom. The van der Waals surface area contributed by atoms with Gasteiger partial charge in [0.25, 0.3) is 6.71 Å². The summed E-state index contributed by atoms with van der Waals surface area (Å²) in [6.07, 6.45) is 0. The summed E-state index contributed by atoms with van der Waals surface area (Å²) in [5, 5.41) is 1.56. The number of fused-ring (bicyclic) bond motifs is 11. The van der Waals surface area contributed by atoms with Gasteiger partial charge in [-0.05, 0) is 271 Å². The van der Waals surface area contributed by atoms with Gasteiger partial charge in [0, 0.05) is 66.8 Å². The fraction of sp³-hybridized carbons (Fsp3) is 0.0952. The number of furan rings is 1. The van der Waals surface area contributed by atoms with Crippen LogP contribution in [0, 0.1) is 0 Å². The first-order chi connectivity index (χ1) is 66.3. The molecule has 131 heavy (non-hydrogen) atoms. The van der Waals surface area contributed by atoms with Crippen LogP contribution in [0.3, 0.4) is 0 Å². The number of aromatic nitrogens is 1. The van der Waals surface area contributed by atoms with E-state index in [1.807, 2.05) is 28.8 Å². The van der Waals surface area contributed by atoms with Gasteiger partial charge in [-0.2, -0.15) is 0 Å². The summed E-state index contributed by atoms with van der Waals surface area (Å²) in [6.45, 7) is 20.3. The minimum Gasteiger partial charge on any atom is -0.455 e. The molecular formula is C126H98BN3O. The Hall–Kier alpha value is -15.6. The van der Waals surface area contributed by atoms with Gasteiger partial charge in [-0.15, -0.1) is 0 Å². The summed E-state index contributed by atoms with van der Waals surface area (Å²) < 4.78 is 69.2. The maximum atomic E-state index is 10.6. The summed E-state index contributed by atoms with van der Waals surface area (Å²) in [5.74, 6) is 0. The molecule has 19 aromatic carbocycles. The summed E-state index contributed by atoms with van der Waals surface area (Å²) >= 11 is 0. The number of hydrogen-bond donors (Lipinski definition) is 0. The van der Waals surface area contributed by atoms with E-state index in [0.717, 1.165) is 184 Å². The van der Waals surface area contributed by atoms with E-state index in [0.29, 0.717) is 27.4 Å². The summed E-state index contributed by atoms with van der Waals surface area (Å²) in [7, 11) is 0. The Kier molecular flexibility index (Phi) is 17.8. The highest BCUT2D eigenvalue weighted by Gasteiger charge is 2.47. The van der Waals surface area contributed by atoms with Crippen LogP contribution in [-0.2, 0) is 16.2 Å². The second-order valence-electron chi connectivity index (χ2n) is 38.3. The lowest BCUT2D eigenvalue weighted by Crippen LogP contribution is -2.61. The zero-order valence-corrected chi connectivity index (χ0v) is 74.9. The Bertz CT molecular complexity index is 8200. The van der Waals surface area contributed by atoms with E-state index in [1.165, 1.54) is 5.56 Å². The maximum Gasteiger partial charge on any atom is 0.252 e. The summed E-state index contributed by atoms with van der Waals surface area (Å²) in [6, 6.07) is 142. The van der Waals surface area contributed by atoms with Crippen molar-refractivity contribution in [1.82, 2.24) is 4.57 Å². The standard InChI is InChI=1S/C126H98BN3O/c1-124(2,3)99-74-106(85-44-24-14-25-45-85)121(107(75-99)86-46-26-15-27-47-86)130-115-80-102(128-112-58-30-28-57-105(112)119-114(128)65-62-104-103-56-29-31-59-118(103)131-123(104)119)61-63-110(115)127-111-73-93(98-71-96(91-52-32-48-87(66-91)81-36-16-10-17-37-81)70-97(72-98)92-53-33-49-88(67-92)82-38-18-11-19-39-82)60-64-113(111)129(116-78-101(126(7,8)9)79-117(130)120(116)127)122-108(94-54-34-50-89(68-94)83-40-20-12-21-41-83)76-100(125(4,5)6)77-109(122)95-55-35-51-90(69-95)84-42-22-13-23-43-84/h10-80H,1-9H3/i28D,30D,57D,58D,62D,65D. The molecule has 21 aromatic rings. The van der Waals surface area contributed by atoms with E-state index in [1.54, 1.807) is 0 Å². The van der Waals surface area contributed by atoms with Gasteiger partial charge in [-0.25, -0.2) is 0 Å². The van der Waals surface area contributed by atoms with Gasteiger partial charge >= 0.3 is 0 Å². The summed E-state index contributed by atoms with van der Waals surface area (Å²) in [5.41, 5.74) is 35.8. The molecule has 4 nitrogen and oxygen atoms in total. The van der Waals surface area contributed by atoms with Crippen LogP contribution in [0.1, 0.15) is 87.2 Å². The van der Waals surface area contributed by atoms with Gasteiger partial charge < -0.3 is 18.8 Å². The molecule has 0 fully saturated rings. The topological polar surface area (TPSA) is 24.6 Å². The van der Waals surface area contributed by atoms with Gasteiger partial charge in [0.2, 0.25) is 0 Å². The van der Waals surface area contributed by atoms with Crippen LogP contribution >= 0.6 is 0 Å². The minimum absolute atomic E-state index is 0.0862. The average molecular weight is 1690 g/mol. The molecule has 2 aromatic heterocycles. The molecule has 2 aliphatic heterocycles. The monoisotopic (exact) mass is 1690 g/mol. The molecule has 626 valence electrons. The van der Waals surface area contributed by atoms with E-state index < -0.39 is 24.2 Å². The van der Waals surface area contributed by atoms with Gasteiger partial charge in [-0.3, -0.25) is 0 Å². The van der Waals surface area contributed by atoms with Gasteiger partial charge in [0.1, 0.15) is 11.2 Å². The smallest absolute Gasteiger partial charge is 0.252 e. The molecule has 23 rings (SSSR count). The lowest BCUT2D eigenvalue weighted by atomic mass is 9.33. The molecule has 0 saturated heterocycles. The predicted molar refractivity (Wildman–Crippen MR) is 558 cm³/mol. The lowest BCUT2D eigenvalue weighted by Gasteiger charge is -2.47. The number of rotatable bonds is 14. The van der Waals surface area contributed by atoms with Crippen LogP contribution in [-0.4, -0.2) is 11.3 Å². The third kappa shape index (κ3) is 14.2. The molecule has 0 saturated carbocycles. The van der Waals surface area contributed by atoms with Crippen LogP contribution in [0.25, 0.3) is 172 Å². The van der Waals surface area contributed by atoms with Crippen LogP contribution in [0.4, 0.5) is 34.1 Å². The van der Waals surface area contributed by atoms with E-state index in [-0.39, 0.29) is 57.0 Å². The van der Waals surface area contributed by atoms with Crippen LogP contribution in [0.15, 0.2) is 435 Å². The van der Waals surface area contributed by atoms with Gasteiger partial charge in [0.15, 0.2) is 0 Å². The van der Waals surface area contributed by atoms with E-state index in [4.69, 9.17) is 4.42 Å². The zero-order chi connectivity index (χ0) is 93.8. The van der Waals surface area contributed by atoms with Gasteiger partial charge in [-0.1, -0.05) is 372 Å². The van der Waals surface area contributed by atoms with Crippen LogP contribution in [0.2, 0.25) is 0 Å². The zero-order valence-electron chi connectivity index (χ0n) is 80.9. The molecule has 0 bridgehead atoms. The first kappa shape index (κ1) is 73.5. The largest absolute Gasteiger partial charge is 0.455 e. The van der Waals surface area contributed by atoms with Crippen molar-refractivity contribution in [3.05, 3.63) is 447 Å². The number of hydrogen-bond acceptors (Lipinski definition) is 3. The van der Waals surface area contributed by atoms with Crippen molar-refractivity contribution in [2.24, 2.45) is 0 Å². The van der Waals surface area contributed by atoms with Crippen molar-refractivity contribution >= 4 is 101 Å². The molecule has 2 aliphatic rings. The Labute approximate surface area is 776 Å². The SMILES string of the molecule is [2H]c1c([2H])c([2H])c2c(c1[2H])c1c3oc4ccccc4c3c([2H])c([2H])c1n2-c1ccc2c(c1)N(c1c(-c3ccccc3)cc(C(C)(C)C)cc1-c1ccccc1)c1cc(C(C)(C)C)cc3c1B2c1cc(-c2cc(-c4cccc(-c5ccccc5)c4)cc(-c4cccc(-c5ccccc5)c4)c2)ccc1N3c1c(-c2cccc(-c3ccccc3)c2)cc(C(C)(C)C)cc1-c1cccc(-c2ccccc2)c1. The number of nitrogens with zero attached hydrogens (tertiary/aromatic N) is 3. The van der Waals surface area contributed by atoms with Crippen molar-refractivity contribution < 1.29 is 12.6 Å². The first-order valence-corrected chi connectivity index (χ1v) is 45.5. The fourth-order valence-corrected chi connectivity index (χ4v) is 20.2. The quantitative estimate of drug-likeness (QED) is 0.101. The lowest BCUT2D eigenvalue weighted by molar-refractivity contribution is 0.590. The van der Waals surface area contributed by atoms with Crippen LogP contribution < -0.4 is 26.2 Å². The Morgan fingerprint density at radius 2 is 0.618 bits per heavy atom. The van der Waals surface area contributed by atoms with E-state index in [9.17, 15) is 8.22 Å². The fourth-order valence-electron chi connectivity index (χ4n) is 20.2. The van der Waals surface area contributed by atoms with Crippen molar-refractivity contribution in [2.75, 3.05) is 9.80 Å². The third-order valence-electron chi connectivity index (χ3n) is 26.9. The third-order valence-corrected chi connectivity index (χ3v) is 26.9. The second kappa shape index (κ2) is 31.7. The molecule has 0 N–H and O–H groups in total. The average Bonchev–Trinajstić information content (AvgIpc) is 1.54. The normalized spacial score (nSPS) is 13.2. The van der Waals surface area contributed by atoms with E-state index in [2.05, 4.69) is 442 Å². The van der Waals surface area contributed by atoms with Gasteiger partial charge in [0.05, 0.1) is 36.0 Å². The molecule has 0 unspecified atom stereocenters. The molecule has 0 amide bonds. The van der Waals surface area contributed by atoms with E-state index >= 15 is 0 Å². The highest BCUT2D eigenvalue weighted by Crippen LogP contribution is 2.57. The molecule has 0 aliphatic carbocycles. The highest BCUT2D eigenvalue weighted by molar-refractivity contribution is 7.00. The van der Waals surface area contributed by atoms with Crippen molar-refractivity contribution in [2.45, 2.75) is 78.6 Å². The highest BCUT2D eigenvalue weighted by atomic mass is 16.3.